The molecule has 6 nitrogen and oxygen atoms in total. The van der Waals surface area contributed by atoms with Crippen LogP contribution in [0.2, 0.25) is 0 Å². The van der Waals surface area contributed by atoms with Crippen LogP contribution in [0.5, 0.6) is 5.75 Å². The number of amides is 1. The van der Waals surface area contributed by atoms with Gasteiger partial charge in [0.15, 0.2) is 0 Å². The lowest BCUT2D eigenvalue weighted by molar-refractivity contribution is -0.0498. The standard InChI is InChI=1S/C16H16F2N2O4S/c1-10(11-5-7-14(8-6-11)25(19,22)23)20-15(21)12-3-2-4-13(9-12)24-16(17)18/h2-10,16H,1H3,(H,20,21)(H2,19,22,23). The van der Waals surface area contributed by atoms with Crippen molar-refractivity contribution in [2.75, 3.05) is 0 Å². The van der Waals surface area contributed by atoms with E-state index in [0.29, 0.717) is 5.56 Å². The molecular weight excluding hydrogens is 354 g/mol. The third-order valence-corrected chi connectivity index (χ3v) is 4.31. The van der Waals surface area contributed by atoms with Crippen molar-refractivity contribution in [1.29, 1.82) is 0 Å². The van der Waals surface area contributed by atoms with Crippen LogP contribution in [0.4, 0.5) is 8.78 Å². The Hall–Kier alpha value is -2.52. The highest BCUT2D eigenvalue weighted by molar-refractivity contribution is 7.89. The Balaban J connectivity index is 2.09. The van der Waals surface area contributed by atoms with E-state index in [2.05, 4.69) is 10.1 Å². The molecular formula is C16H16F2N2O4S. The molecule has 134 valence electrons. The van der Waals surface area contributed by atoms with Crippen LogP contribution in [0.15, 0.2) is 53.4 Å². The second-order valence-electron chi connectivity index (χ2n) is 5.22. The van der Waals surface area contributed by atoms with Gasteiger partial charge < -0.3 is 10.1 Å². The first-order valence-electron chi connectivity index (χ1n) is 7.15. The molecule has 0 fully saturated rings. The SMILES string of the molecule is CC(NC(=O)c1cccc(OC(F)F)c1)c1ccc(S(N)(=O)=O)cc1. The van der Waals surface area contributed by atoms with Crippen molar-refractivity contribution >= 4 is 15.9 Å². The van der Waals surface area contributed by atoms with Crippen LogP contribution >= 0.6 is 0 Å². The van der Waals surface area contributed by atoms with Crippen LogP contribution in [0.1, 0.15) is 28.9 Å². The van der Waals surface area contributed by atoms with Gasteiger partial charge in [0.05, 0.1) is 10.9 Å². The number of nitrogens with one attached hydrogen (secondary N) is 1. The number of benzene rings is 2. The number of nitrogens with two attached hydrogens (primary N) is 1. The molecule has 0 heterocycles. The Morgan fingerprint density at radius 1 is 1.16 bits per heavy atom. The zero-order valence-corrected chi connectivity index (χ0v) is 14.0. The molecule has 3 N–H and O–H groups in total. The molecule has 1 atom stereocenters. The summed E-state index contributed by atoms with van der Waals surface area (Å²) in [7, 11) is -3.79. The van der Waals surface area contributed by atoms with Gasteiger partial charge in [-0.25, -0.2) is 13.6 Å². The highest BCUT2D eigenvalue weighted by Crippen LogP contribution is 2.19. The molecule has 25 heavy (non-hydrogen) atoms. The first-order chi connectivity index (χ1) is 11.7. The molecule has 0 saturated carbocycles. The van der Waals surface area contributed by atoms with Crippen LogP contribution < -0.4 is 15.2 Å². The molecule has 0 aliphatic rings. The van der Waals surface area contributed by atoms with Gasteiger partial charge in [-0.1, -0.05) is 18.2 Å². The number of carbonyl (C=O) groups is 1. The third-order valence-electron chi connectivity index (χ3n) is 3.38. The summed E-state index contributed by atoms with van der Waals surface area (Å²) in [6.07, 6.45) is 0. The van der Waals surface area contributed by atoms with Gasteiger partial charge >= 0.3 is 6.61 Å². The molecule has 0 aliphatic heterocycles. The van der Waals surface area contributed by atoms with Gasteiger partial charge in [0.1, 0.15) is 5.75 Å². The van der Waals surface area contributed by atoms with Crippen molar-refractivity contribution in [2.45, 2.75) is 24.5 Å². The second-order valence-corrected chi connectivity index (χ2v) is 6.78. The molecule has 0 bridgehead atoms. The van der Waals surface area contributed by atoms with Gasteiger partial charge in [-0.05, 0) is 42.8 Å². The fourth-order valence-corrected chi connectivity index (χ4v) is 2.64. The first-order valence-corrected chi connectivity index (χ1v) is 8.70. The number of halogens is 2. The van der Waals surface area contributed by atoms with E-state index >= 15 is 0 Å². The number of sulfonamides is 1. The van der Waals surface area contributed by atoms with Crippen molar-refractivity contribution < 1.29 is 26.7 Å². The fourth-order valence-electron chi connectivity index (χ4n) is 2.12. The van der Waals surface area contributed by atoms with Crippen molar-refractivity contribution in [3.63, 3.8) is 0 Å². The first kappa shape index (κ1) is 18.8. The van der Waals surface area contributed by atoms with E-state index in [9.17, 15) is 22.0 Å². The fraction of sp³-hybridized carbons (Fsp3) is 0.188. The summed E-state index contributed by atoms with van der Waals surface area (Å²) in [4.78, 5) is 12.2. The molecule has 1 amide bonds. The van der Waals surface area contributed by atoms with Crippen LogP contribution in [0.3, 0.4) is 0 Å². The minimum atomic E-state index is -3.79. The summed E-state index contributed by atoms with van der Waals surface area (Å²) in [6, 6.07) is 10.7. The van der Waals surface area contributed by atoms with E-state index in [1.165, 1.54) is 48.5 Å². The number of ether oxygens (including phenoxy) is 1. The van der Waals surface area contributed by atoms with E-state index in [0.717, 1.165) is 0 Å². The Bertz CT molecular complexity index is 855. The number of alkyl halides is 2. The van der Waals surface area contributed by atoms with Crippen LogP contribution in [0.25, 0.3) is 0 Å². The summed E-state index contributed by atoms with van der Waals surface area (Å²) >= 11 is 0. The average Bonchev–Trinajstić information content (AvgIpc) is 2.53. The monoisotopic (exact) mass is 370 g/mol. The maximum atomic E-state index is 12.2. The highest BCUT2D eigenvalue weighted by atomic mass is 32.2. The molecule has 0 aliphatic carbocycles. The molecule has 1 unspecified atom stereocenters. The molecule has 0 saturated heterocycles. The van der Waals surface area contributed by atoms with Crippen molar-refractivity contribution in [3.8, 4) is 5.75 Å². The Morgan fingerprint density at radius 2 is 1.80 bits per heavy atom. The Morgan fingerprint density at radius 3 is 2.36 bits per heavy atom. The summed E-state index contributed by atoms with van der Waals surface area (Å²) in [6.45, 7) is -1.28. The lowest BCUT2D eigenvalue weighted by Gasteiger charge is -2.15. The van der Waals surface area contributed by atoms with Gasteiger partial charge in [-0.2, -0.15) is 8.78 Å². The van der Waals surface area contributed by atoms with E-state index in [1.54, 1.807) is 6.92 Å². The molecule has 0 spiro atoms. The normalized spacial score (nSPS) is 12.7. The number of carbonyl (C=O) groups excluding carboxylic acids is 1. The van der Waals surface area contributed by atoms with Crippen LogP contribution in [-0.4, -0.2) is 20.9 Å². The van der Waals surface area contributed by atoms with E-state index < -0.39 is 28.6 Å². The lowest BCUT2D eigenvalue weighted by Crippen LogP contribution is -2.26. The summed E-state index contributed by atoms with van der Waals surface area (Å²) < 4.78 is 51.2. The number of primary sulfonamides is 1. The minimum absolute atomic E-state index is 0.0355. The minimum Gasteiger partial charge on any atom is -0.435 e. The molecule has 2 aromatic carbocycles. The maximum absolute atomic E-state index is 12.2. The predicted molar refractivity (Wildman–Crippen MR) is 86.8 cm³/mol. The molecule has 2 rings (SSSR count). The largest absolute Gasteiger partial charge is 0.435 e. The molecule has 2 aromatic rings. The summed E-state index contributed by atoms with van der Waals surface area (Å²) in [5, 5.41) is 7.71. The van der Waals surface area contributed by atoms with Gasteiger partial charge in [0.25, 0.3) is 5.91 Å². The molecule has 9 heteroatoms. The quantitative estimate of drug-likeness (QED) is 0.816. The Kier molecular flexibility index (Phi) is 5.70. The van der Waals surface area contributed by atoms with Crippen LogP contribution in [0, 0.1) is 0 Å². The highest BCUT2D eigenvalue weighted by Gasteiger charge is 2.14. The number of hydrogen-bond donors (Lipinski definition) is 2. The van der Waals surface area contributed by atoms with Gasteiger partial charge in [-0.15, -0.1) is 0 Å². The number of hydrogen-bond acceptors (Lipinski definition) is 4. The summed E-state index contributed by atoms with van der Waals surface area (Å²) in [5.41, 5.74) is 0.812. The zero-order chi connectivity index (χ0) is 18.6. The smallest absolute Gasteiger partial charge is 0.387 e. The topological polar surface area (TPSA) is 98.5 Å². The van der Waals surface area contributed by atoms with Gasteiger partial charge in [0, 0.05) is 5.56 Å². The molecule has 0 radical (unpaired) electrons. The predicted octanol–water partition coefficient (Wildman–Crippen LogP) is 2.43. The average molecular weight is 370 g/mol. The summed E-state index contributed by atoms with van der Waals surface area (Å²) in [5.74, 6) is -0.601. The Labute approximate surface area is 143 Å². The maximum Gasteiger partial charge on any atom is 0.387 e. The van der Waals surface area contributed by atoms with Crippen molar-refractivity contribution in [3.05, 3.63) is 59.7 Å². The second kappa shape index (κ2) is 7.58. The number of rotatable bonds is 6. The van der Waals surface area contributed by atoms with Crippen molar-refractivity contribution in [2.24, 2.45) is 5.14 Å². The van der Waals surface area contributed by atoms with Gasteiger partial charge in [0.2, 0.25) is 10.0 Å². The molecule has 0 aromatic heterocycles. The van der Waals surface area contributed by atoms with Crippen LogP contribution in [-0.2, 0) is 10.0 Å². The zero-order valence-electron chi connectivity index (χ0n) is 13.1. The van der Waals surface area contributed by atoms with Gasteiger partial charge in [-0.3, -0.25) is 4.79 Å². The van der Waals surface area contributed by atoms with E-state index in [-0.39, 0.29) is 16.2 Å². The van der Waals surface area contributed by atoms with Crippen molar-refractivity contribution in [1.82, 2.24) is 5.32 Å². The third kappa shape index (κ3) is 5.23. The lowest BCUT2D eigenvalue weighted by atomic mass is 10.1. The van der Waals surface area contributed by atoms with E-state index in [1.807, 2.05) is 0 Å². The van der Waals surface area contributed by atoms with E-state index in [4.69, 9.17) is 5.14 Å².